The topological polar surface area (TPSA) is 188 Å². The number of unbranched alkanes of at least 4 members (excludes halogenated alkanes) is 4. The highest BCUT2D eigenvalue weighted by atomic mass is 32.2. The summed E-state index contributed by atoms with van der Waals surface area (Å²) in [4.78, 5) is 61.8. The zero-order valence-corrected chi connectivity index (χ0v) is 42.2. The number of imide groups is 1. The molecule has 1 saturated heterocycles. The summed E-state index contributed by atoms with van der Waals surface area (Å²) < 4.78 is 43.3. The van der Waals surface area contributed by atoms with E-state index < -0.39 is 38.7 Å². The number of allylic oxidation sites excluding steroid dienone is 6. The molecule has 0 atom stereocenters. The maximum atomic E-state index is 12.4. The minimum atomic E-state index is -4.65. The molecule has 5 rings (SSSR count). The first kappa shape index (κ1) is 54.9. The first-order valence-corrected chi connectivity index (χ1v) is 25.4. The molecule has 0 aromatic heterocycles. The van der Waals surface area contributed by atoms with Crippen molar-refractivity contribution in [1.82, 2.24) is 10.4 Å². The van der Waals surface area contributed by atoms with Crippen molar-refractivity contribution >= 4 is 62.9 Å². The molecule has 368 valence electrons. The van der Waals surface area contributed by atoms with Crippen LogP contribution in [0.5, 0.6) is 0 Å². The third kappa shape index (κ3) is 14.7. The van der Waals surface area contributed by atoms with Gasteiger partial charge in [-0.2, -0.15) is 4.58 Å². The molecule has 1 fully saturated rings. The third-order valence-electron chi connectivity index (χ3n) is 12.5. The molecule has 0 radical (unpaired) electrons. The van der Waals surface area contributed by atoms with E-state index >= 15 is 0 Å². The fourth-order valence-electron chi connectivity index (χ4n) is 8.57. The van der Waals surface area contributed by atoms with Crippen molar-refractivity contribution < 1.29 is 60.7 Å². The molecule has 0 bridgehead atoms. The molecule has 0 saturated carbocycles. The van der Waals surface area contributed by atoms with Gasteiger partial charge in [-0.3, -0.25) is 14.4 Å². The second kappa shape index (κ2) is 25.6. The number of amides is 3. The van der Waals surface area contributed by atoms with Gasteiger partial charge in [-0.1, -0.05) is 43.5 Å². The highest BCUT2D eigenvalue weighted by Crippen LogP contribution is 2.49. The van der Waals surface area contributed by atoms with E-state index in [0.29, 0.717) is 37.4 Å². The standard InChI is InChI=1S/C43H54N4O11S2.C6H15N/c1-42(2)32-28-30(59-58-57-55-6)20-22-34(32)45(27-15-9-13-19-41(51)56-47-39(49)24-25-40(47)50)36(42)16-10-7-11-17-37-43(3,4)33-29-31(60(52,53)54)21-23-35(33)46(37)26-14-8-12-18-38(48)44-5;1-4-7(5-2)6-3/h7,10-11,16-17,20-23,28-29H,8-9,12-15,18-19,24-27H2,1-6H3,(H-,44,48,52,53,54);4-6H2,1-3H3/p+1. The number of carbonyl (C=O) groups is 4. The van der Waals surface area contributed by atoms with E-state index in [1.807, 2.05) is 50.3 Å². The number of nitrogens with one attached hydrogen (secondary N) is 2. The van der Waals surface area contributed by atoms with Gasteiger partial charge < -0.3 is 24.5 Å². The normalized spacial score (nSPS) is 17.0. The average Bonchev–Trinajstić information content (AvgIpc) is 3.80. The lowest BCUT2D eigenvalue weighted by molar-refractivity contribution is -0.894. The molecule has 3 heterocycles. The molecule has 0 spiro atoms. The van der Waals surface area contributed by atoms with E-state index in [1.54, 1.807) is 18.0 Å². The van der Waals surface area contributed by atoms with Crippen LogP contribution in [0.3, 0.4) is 0 Å². The smallest absolute Gasteiger partial charge is 0.333 e. The Balaban J connectivity index is 0.00000129. The summed E-state index contributed by atoms with van der Waals surface area (Å²) in [7, 11) is -1.68. The number of hydroxylamine groups is 2. The van der Waals surface area contributed by atoms with Gasteiger partial charge in [0.2, 0.25) is 11.6 Å². The van der Waals surface area contributed by atoms with Crippen LogP contribution < -0.4 is 15.1 Å². The van der Waals surface area contributed by atoms with Gasteiger partial charge in [-0.25, -0.2) is 18.1 Å². The molecule has 67 heavy (non-hydrogen) atoms. The minimum absolute atomic E-state index is 0.00174. The van der Waals surface area contributed by atoms with Crippen LogP contribution in [0.2, 0.25) is 0 Å². The number of rotatable bonds is 24. The fraction of sp³-hybridized carbons (Fsp3) is 0.531. The number of anilines is 1. The van der Waals surface area contributed by atoms with Crippen LogP contribution in [0.4, 0.5) is 11.4 Å². The Morgan fingerprint density at radius 1 is 0.866 bits per heavy atom. The van der Waals surface area contributed by atoms with Gasteiger partial charge in [-0.05, 0) is 102 Å². The number of nitrogens with zero attached hydrogens (tertiary/aromatic N) is 3. The lowest BCUT2D eigenvalue weighted by Crippen LogP contribution is -3.11. The Labute approximate surface area is 401 Å². The van der Waals surface area contributed by atoms with Crippen molar-refractivity contribution in [2.75, 3.05) is 51.8 Å². The maximum Gasteiger partial charge on any atom is 0.333 e. The fourth-order valence-corrected chi connectivity index (χ4v) is 9.51. The van der Waals surface area contributed by atoms with E-state index in [-0.39, 0.29) is 30.1 Å². The summed E-state index contributed by atoms with van der Waals surface area (Å²) >= 11 is 1.03. The van der Waals surface area contributed by atoms with Crippen molar-refractivity contribution in [1.29, 1.82) is 0 Å². The van der Waals surface area contributed by atoms with Crippen molar-refractivity contribution in [3.8, 4) is 0 Å². The summed E-state index contributed by atoms with van der Waals surface area (Å²) in [6, 6.07) is 10.6. The molecule has 2 aromatic carbocycles. The van der Waals surface area contributed by atoms with Crippen molar-refractivity contribution in [3.63, 3.8) is 0 Å². The van der Waals surface area contributed by atoms with E-state index in [0.717, 1.165) is 76.5 Å². The largest absolute Gasteiger partial charge is 0.744 e. The number of benzene rings is 2. The molecule has 0 unspecified atom stereocenters. The Kier molecular flexibility index (Phi) is 21.0. The Bertz CT molecular complexity index is 2280. The summed E-state index contributed by atoms with van der Waals surface area (Å²) in [6.07, 6.45) is 14.9. The van der Waals surface area contributed by atoms with Gasteiger partial charge in [0.15, 0.2) is 5.71 Å². The van der Waals surface area contributed by atoms with Gasteiger partial charge in [0, 0.05) is 85.1 Å². The zero-order chi connectivity index (χ0) is 49.4. The average molecular weight is 969 g/mol. The molecule has 0 aliphatic carbocycles. The lowest BCUT2D eigenvalue weighted by atomic mass is 9.81. The Morgan fingerprint density at radius 3 is 2.16 bits per heavy atom. The molecular formula is C49H70N5O11S2+. The van der Waals surface area contributed by atoms with E-state index in [4.69, 9.17) is 9.17 Å². The van der Waals surface area contributed by atoms with Crippen molar-refractivity contribution in [2.24, 2.45) is 0 Å². The first-order chi connectivity index (χ1) is 31.8. The molecule has 3 aliphatic heterocycles. The van der Waals surface area contributed by atoms with Crippen molar-refractivity contribution in [3.05, 3.63) is 83.6 Å². The van der Waals surface area contributed by atoms with Crippen LogP contribution in [0, 0.1) is 0 Å². The van der Waals surface area contributed by atoms with E-state index in [2.05, 4.69) is 71.5 Å². The number of carbonyl (C=O) groups excluding carboxylic acids is 4. The van der Waals surface area contributed by atoms with Crippen LogP contribution in [0.15, 0.2) is 82.3 Å². The maximum absolute atomic E-state index is 12.4. The van der Waals surface area contributed by atoms with Gasteiger partial charge in [0.05, 0.1) is 49.1 Å². The Morgan fingerprint density at radius 2 is 1.54 bits per heavy atom. The Hall–Kier alpha value is -4.69. The third-order valence-corrected chi connectivity index (χ3v) is 13.9. The van der Waals surface area contributed by atoms with E-state index in [1.165, 1.54) is 38.9 Å². The molecule has 3 aliphatic rings. The van der Waals surface area contributed by atoms with Gasteiger partial charge >= 0.3 is 5.97 Å². The quantitative estimate of drug-likeness (QED) is 0.0166. The number of quaternary nitrogens is 1. The van der Waals surface area contributed by atoms with Gasteiger partial charge in [0.25, 0.3) is 11.8 Å². The lowest BCUT2D eigenvalue weighted by Gasteiger charge is -2.27. The van der Waals surface area contributed by atoms with E-state index in [9.17, 15) is 32.1 Å². The zero-order valence-electron chi connectivity index (χ0n) is 40.6. The second-order valence-electron chi connectivity index (χ2n) is 17.6. The molecule has 3 amide bonds. The molecular weight excluding hydrogens is 899 g/mol. The summed E-state index contributed by atoms with van der Waals surface area (Å²) in [6.45, 7) is 20.1. The number of hydrogen-bond donors (Lipinski definition) is 2. The van der Waals surface area contributed by atoms with Gasteiger partial charge in [-0.15, -0.1) is 9.40 Å². The van der Waals surface area contributed by atoms with Crippen LogP contribution in [-0.4, -0.2) is 98.9 Å². The monoisotopic (exact) mass is 968 g/mol. The highest BCUT2D eigenvalue weighted by molar-refractivity contribution is 7.94. The molecule has 18 heteroatoms. The summed E-state index contributed by atoms with van der Waals surface area (Å²) in [5.41, 5.74) is 4.68. The predicted molar refractivity (Wildman–Crippen MR) is 256 cm³/mol. The minimum Gasteiger partial charge on any atom is -0.744 e. The SMILES string of the molecule is CC[NH+](CC)CC.CNC(=O)CCCCCN1C(=CC=CC=CC2=[N+](CCCCCC(=O)ON3C(=O)CCC3=O)c3ccc(SOOOC)cc3C2(C)C)C(C)(C)c2cc(S(=O)(=O)[O-])ccc21. The molecule has 2 N–H and O–H groups in total. The second-order valence-corrected chi connectivity index (χ2v) is 19.7. The van der Waals surface area contributed by atoms with Crippen LogP contribution in [0.1, 0.15) is 124 Å². The number of fused-ring (bicyclic) bond motifs is 2. The molecule has 16 nitrogen and oxygen atoms in total. The number of hydrogen-bond acceptors (Lipinski definition) is 13. The highest BCUT2D eigenvalue weighted by Gasteiger charge is 2.44. The summed E-state index contributed by atoms with van der Waals surface area (Å²) in [5.74, 6) is -1.62. The first-order valence-electron chi connectivity index (χ1n) is 23.2. The molecule has 2 aromatic rings. The summed E-state index contributed by atoms with van der Waals surface area (Å²) in [5, 5.41) is 7.83. The van der Waals surface area contributed by atoms with Crippen molar-refractivity contribution in [2.45, 2.75) is 133 Å². The van der Waals surface area contributed by atoms with Crippen LogP contribution in [0.25, 0.3) is 0 Å². The van der Waals surface area contributed by atoms with Crippen LogP contribution >= 0.6 is 12.0 Å². The van der Waals surface area contributed by atoms with Gasteiger partial charge in [0.1, 0.15) is 16.7 Å². The predicted octanol–water partition coefficient (Wildman–Crippen LogP) is 6.68. The van der Waals surface area contributed by atoms with Crippen LogP contribution in [-0.2, 0) is 59.2 Å².